The van der Waals surface area contributed by atoms with Crippen molar-refractivity contribution in [3.05, 3.63) is 28.2 Å². The first kappa shape index (κ1) is 13.6. The molecule has 1 aromatic carbocycles. The average molecular weight is 280 g/mol. The highest BCUT2D eigenvalue weighted by Crippen LogP contribution is 2.30. The van der Waals surface area contributed by atoms with Crippen molar-refractivity contribution in [2.24, 2.45) is 5.73 Å². The van der Waals surface area contributed by atoms with Crippen molar-refractivity contribution in [3.8, 4) is 0 Å². The van der Waals surface area contributed by atoms with Crippen molar-refractivity contribution >= 4 is 40.9 Å². The minimum atomic E-state index is -0.662. The van der Waals surface area contributed by atoms with Crippen LogP contribution >= 0.6 is 35.0 Å². The van der Waals surface area contributed by atoms with Gasteiger partial charge in [-0.2, -0.15) is 0 Å². The van der Waals surface area contributed by atoms with Gasteiger partial charge in [-0.25, -0.2) is 0 Å². The number of methoxy groups -OCH3 is 1. The Hall–Kier alpha value is -0.420. The molecule has 0 aliphatic carbocycles. The van der Waals surface area contributed by atoms with Gasteiger partial charge in [-0.05, 0) is 18.2 Å². The van der Waals surface area contributed by atoms with E-state index in [1.54, 1.807) is 18.2 Å². The monoisotopic (exact) mass is 279 g/mol. The molecule has 1 rings (SSSR count). The molecule has 6 heteroatoms. The van der Waals surface area contributed by atoms with E-state index < -0.39 is 12.0 Å². The number of halogens is 2. The standard InChI is InChI=1S/C10H11Cl2NO2S/c1-15-10(14)8(13)5-16-9-4-6(11)2-3-7(9)12/h2-4,8H,5,13H2,1H3. The second-order valence-corrected chi connectivity index (χ2v) is 4.92. The van der Waals surface area contributed by atoms with Gasteiger partial charge in [-0.15, -0.1) is 11.8 Å². The Morgan fingerprint density at radius 3 is 2.88 bits per heavy atom. The van der Waals surface area contributed by atoms with Crippen LogP contribution in [0, 0.1) is 0 Å². The van der Waals surface area contributed by atoms with E-state index in [1.165, 1.54) is 18.9 Å². The molecular weight excluding hydrogens is 269 g/mol. The molecule has 1 atom stereocenters. The molecule has 0 saturated heterocycles. The topological polar surface area (TPSA) is 52.3 Å². The summed E-state index contributed by atoms with van der Waals surface area (Å²) in [5, 5.41) is 1.19. The molecule has 1 unspecified atom stereocenters. The Balaban J connectivity index is 2.60. The molecule has 0 aliphatic rings. The summed E-state index contributed by atoms with van der Waals surface area (Å²) in [5.74, 6) is -0.0436. The van der Waals surface area contributed by atoms with E-state index in [0.29, 0.717) is 15.8 Å². The Labute approximate surface area is 108 Å². The number of hydrogen-bond acceptors (Lipinski definition) is 4. The van der Waals surface area contributed by atoms with Crippen molar-refractivity contribution in [3.63, 3.8) is 0 Å². The zero-order chi connectivity index (χ0) is 12.1. The predicted molar refractivity (Wildman–Crippen MR) is 67.2 cm³/mol. The minimum Gasteiger partial charge on any atom is -0.468 e. The van der Waals surface area contributed by atoms with Gasteiger partial charge in [0.15, 0.2) is 0 Å². The van der Waals surface area contributed by atoms with Crippen LogP contribution in [0.3, 0.4) is 0 Å². The number of ether oxygens (including phenoxy) is 1. The van der Waals surface area contributed by atoms with Gasteiger partial charge in [0.05, 0.1) is 12.1 Å². The summed E-state index contributed by atoms with van der Waals surface area (Å²) < 4.78 is 4.52. The minimum absolute atomic E-state index is 0.396. The van der Waals surface area contributed by atoms with E-state index in [4.69, 9.17) is 28.9 Å². The number of thioether (sulfide) groups is 1. The quantitative estimate of drug-likeness (QED) is 0.680. The zero-order valence-electron chi connectivity index (χ0n) is 8.57. The highest BCUT2D eigenvalue weighted by molar-refractivity contribution is 7.99. The van der Waals surface area contributed by atoms with E-state index in [0.717, 1.165) is 4.90 Å². The maximum Gasteiger partial charge on any atom is 0.323 e. The summed E-state index contributed by atoms with van der Waals surface area (Å²) in [6.45, 7) is 0. The van der Waals surface area contributed by atoms with Gasteiger partial charge in [0.2, 0.25) is 0 Å². The van der Waals surface area contributed by atoms with Gasteiger partial charge in [0, 0.05) is 15.7 Å². The molecule has 0 bridgehead atoms. The molecule has 0 fully saturated rings. The lowest BCUT2D eigenvalue weighted by Crippen LogP contribution is -2.33. The van der Waals surface area contributed by atoms with Crippen LogP contribution in [0.4, 0.5) is 0 Å². The fourth-order valence-electron chi connectivity index (χ4n) is 0.987. The SMILES string of the molecule is COC(=O)C(N)CSc1cc(Cl)ccc1Cl. The molecule has 16 heavy (non-hydrogen) atoms. The Morgan fingerprint density at radius 1 is 1.56 bits per heavy atom. The van der Waals surface area contributed by atoms with Crippen LogP contribution in [0.2, 0.25) is 10.0 Å². The Bertz CT molecular complexity index is 387. The molecule has 0 spiro atoms. The van der Waals surface area contributed by atoms with Gasteiger partial charge in [-0.3, -0.25) is 4.79 Å². The van der Waals surface area contributed by atoms with Gasteiger partial charge < -0.3 is 10.5 Å². The Morgan fingerprint density at radius 2 is 2.25 bits per heavy atom. The number of hydrogen-bond donors (Lipinski definition) is 1. The highest BCUT2D eigenvalue weighted by atomic mass is 35.5. The first-order valence-electron chi connectivity index (χ1n) is 4.46. The van der Waals surface area contributed by atoms with E-state index in [2.05, 4.69) is 4.74 Å². The van der Waals surface area contributed by atoms with Crippen molar-refractivity contribution in [2.75, 3.05) is 12.9 Å². The molecule has 88 valence electrons. The molecule has 3 nitrogen and oxygen atoms in total. The van der Waals surface area contributed by atoms with Crippen LogP contribution in [0.25, 0.3) is 0 Å². The molecule has 0 aliphatic heterocycles. The van der Waals surface area contributed by atoms with Crippen LogP contribution < -0.4 is 5.73 Å². The summed E-state index contributed by atoms with van der Waals surface area (Å²) in [6.07, 6.45) is 0. The van der Waals surface area contributed by atoms with Crippen molar-refractivity contribution in [1.82, 2.24) is 0 Å². The first-order chi connectivity index (χ1) is 7.54. The third-order valence-electron chi connectivity index (χ3n) is 1.82. The molecule has 1 aromatic rings. The number of nitrogens with two attached hydrogens (primary N) is 1. The lowest BCUT2D eigenvalue weighted by Gasteiger charge is -2.09. The third kappa shape index (κ3) is 3.87. The summed E-state index contributed by atoms with van der Waals surface area (Å²) in [5.41, 5.74) is 5.59. The molecule has 0 heterocycles. The van der Waals surface area contributed by atoms with E-state index in [-0.39, 0.29) is 0 Å². The smallest absolute Gasteiger partial charge is 0.323 e. The van der Waals surface area contributed by atoms with E-state index >= 15 is 0 Å². The maximum atomic E-state index is 11.1. The number of rotatable bonds is 4. The molecule has 0 radical (unpaired) electrons. The Kier molecular flexibility index (Phi) is 5.41. The lowest BCUT2D eigenvalue weighted by molar-refractivity contribution is -0.141. The summed E-state index contributed by atoms with van der Waals surface area (Å²) in [4.78, 5) is 11.9. The molecular formula is C10H11Cl2NO2S. The normalized spacial score (nSPS) is 12.2. The van der Waals surface area contributed by atoms with Crippen molar-refractivity contribution in [2.45, 2.75) is 10.9 Å². The fraction of sp³-hybridized carbons (Fsp3) is 0.300. The van der Waals surface area contributed by atoms with Crippen LogP contribution in [-0.4, -0.2) is 24.9 Å². The summed E-state index contributed by atoms with van der Waals surface area (Å²) in [6, 6.07) is 4.48. The van der Waals surface area contributed by atoms with E-state index in [9.17, 15) is 4.79 Å². The predicted octanol–water partition coefficient (Wildman–Crippen LogP) is 2.59. The van der Waals surface area contributed by atoms with Crippen molar-refractivity contribution < 1.29 is 9.53 Å². The average Bonchev–Trinajstić information content (AvgIpc) is 2.28. The van der Waals surface area contributed by atoms with Gasteiger partial charge in [-0.1, -0.05) is 23.2 Å². The highest BCUT2D eigenvalue weighted by Gasteiger charge is 2.14. The first-order valence-corrected chi connectivity index (χ1v) is 6.20. The molecule has 0 saturated carbocycles. The van der Waals surface area contributed by atoms with Crippen LogP contribution in [0.1, 0.15) is 0 Å². The van der Waals surface area contributed by atoms with E-state index in [1.807, 2.05) is 0 Å². The second kappa shape index (κ2) is 6.35. The van der Waals surface area contributed by atoms with Gasteiger partial charge in [0.25, 0.3) is 0 Å². The van der Waals surface area contributed by atoms with Gasteiger partial charge >= 0.3 is 5.97 Å². The molecule has 2 N–H and O–H groups in total. The molecule has 0 amide bonds. The van der Waals surface area contributed by atoms with Crippen LogP contribution in [0.5, 0.6) is 0 Å². The zero-order valence-corrected chi connectivity index (χ0v) is 10.9. The van der Waals surface area contributed by atoms with Crippen LogP contribution in [-0.2, 0) is 9.53 Å². The number of carbonyl (C=O) groups is 1. The largest absolute Gasteiger partial charge is 0.468 e. The van der Waals surface area contributed by atoms with Crippen molar-refractivity contribution in [1.29, 1.82) is 0 Å². The number of esters is 1. The van der Waals surface area contributed by atoms with Crippen LogP contribution in [0.15, 0.2) is 23.1 Å². The number of carbonyl (C=O) groups excluding carboxylic acids is 1. The fourth-order valence-corrected chi connectivity index (χ4v) is 2.42. The maximum absolute atomic E-state index is 11.1. The lowest BCUT2D eigenvalue weighted by atomic mass is 10.4. The number of benzene rings is 1. The van der Waals surface area contributed by atoms with Gasteiger partial charge in [0.1, 0.15) is 6.04 Å². The summed E-state index contributed by atoms with van der Waals surface area (Å²) >= 11 is 13.2. The third-order valence-corrected chi connectivity index (χ3v) is 3.67. The molecule has 0 aromatic heterocycles. The second-order valence-electron chi connectivity index (χ2n) is 3.02. The summed E-state index contributed by atoms with van der Waals surface area (Å²) in [7, 11) is 1.30.